The minimum Gasteiger partial charge on any atom is -0.497 e. The Labute approximate surface area is 115 Å². The lowest BCUT2D eigenvalue weighted by atomic mass is 10.2. The predicted octanol–water partition coefficient (Wildman–Crippen LogP) is 2.49. The van der Waals surface area contributed by atoms with Gasteiger partial charge >= 0.3 is 0 Å². The Balaban J connectivity index is 2.26. The van der Waals surface area contributed by atoms with E-state index in [1.165, 1.54) is 26.5 Å². The maximum absolute atomic E-state index is 13.5. The quantitative estimate of drug-likeness (QED) is 0.932. The SMILES string of the molecule is COc1ccc(NC(=O)c2ccncc2F)c(OC)c1. The van der Waals surface area contributed by atoms with Crippen molar-refractivity contribution in [2.75, 3.05) is 19.5 Å². The van der Waals surface area contributed by atoms with Gasteiger partial charge in [0, 0.05) is 12.3 Å². The molecule has 0 atom stereocenters. The molecular formula is C14H13FN2O3. The molecule has 0 saturated carbocycles. The first-order chi connectivity index (χ1) is 9.65. The first kappa shape index (κ1) is 13.8. The normalized spacial score (nSPS) is 9.95. The average Bonchev–Trinajstić information content (AvgIpc) is 2.48. The van der Waals surface area contributed by atoms with Gasteiger partial charge in [-0.15, -0.1) is 0 Å². The van der Waals surface area contributed by atoms with Gasteiger partial charge in [0.15, 0.2) is 5.82 Å². The highest BCUT2D eigenvalue weighted by Crippen LogP contribution is 2.29. The van der Waals surface area contributed by atoms with Crippen molar-refractivity contribution >= 4 is 11.6 Å². The molecule has 104 valence electrons. The second-order valence-electron chi connectivity index (χ2n) is 3.88. The summed E-state index contributed by atoms with van der Waals surface area (Å²) in [7, 11) is 3.00. The van der Waals surface area contributed by atoms with Gasteiger partial charge in [0.25, 0.3) is 5.91 Å². The van der Waals surface area contributed by atoms with Gasteiger partial charge in [0.2, 0.25) is 0 Å². The van der Waals surface area contributed by atoms with E-state index in [0.717, 1.165) is 6.20 Å². The van der Waals surface area contributed by atoms with E-state index in [2.05, 4.69) is 10.3 Å². The molecular weight excluding hydrogens is 263 g/mol. The smallest absolute Gasteiger partial charge is 0.258 e. The number of aromatic nitrogens is 1. The third-order valence-electron chi connectivity index (χ3n) is 2.67. The zero-order valence-electron chi connectivity index (χ0n) is 11.0. The highest BCUT2D eigenvalue weighted by atomic mass is 19.1. The highest BCUT2D eigenvalue weighted by Gasteiger charge is 2.14. The molecule has 0 saturated heterocycles. The van der Waals surface area contributed by atoms with Gasteiger partial charge in [-0.05, 0) is 18.2 Å². The summed E-state index contributed by atoms with van der Waals surface area (Å²) >= 11 is 0. The number of carbonyl (C=O) groups excluding carboxylic acids is 1. The van der Waals surface area contributed by atoms with Crippen LogP contribution in [0.4, 0.5) is 10.1 Å². The molecule has 2 rings (SSSR count). The van der Waals surface area contributed by atoms with Crippen LogP contribution in [-0.4, -0.2) is 25.1 Å². The van der Waals surface area contributed by atoms with Gasteiger partial charge in [-0.25, -0.2) is 4.39 Å². The van der Waals surface area contributed by atoms with E-state index in [1.807, 2.05) is 0 Å². The number of ether oxygens (including phenoxy) is 2. The molecule has 20 heavy (non-hydrogen) atoms. The Bertz CT molecular complexity index is 632. The molecule has 0 bridgehead atoms. The van der Waals surface area contributed by atoms with Crippen molar-refractivity contribution in [1.29, 1.82) is 0 Å². The summed E-state index contributed by atoms with van der Waals surface area (Å²) in [6.07, 6.45) is 2.34. The second-order valence-corrected chi connectivity index (χ2v) is 3.88. The molecule has 2 aromatic rings. The largest absolute Gasteiger partial charge is 0.497 e. The van der Waals surface area contributed by atoms with Crippen LogP contribution in [0.2, 0.25) is 0 Å². The molecule has 0 aliphatic rings. The van der Waals surface area contributed by atoms with E-state index in [1.54, 1.807) is 18.2 Å². The molecule has 1 aromatic heterocycles. The van der Waals surface area contributed by atoms with Crippen LogP contribution in [0.25, 0.3) is 0 Å². The third-order valence-corrected chi connectivity index (χ3v) is 2.67. The van der Waals surface area contributed by atoms with Crippen LogP contribution in [-0.2, 0) is 0 Å². The van der Waals surface area contributed by atoms with Crippen molar-refractivity contribution in [2.24, 2.45) is 0 Å². The van der Waals surface area contributed by atoms with Crippen LogP contribution in [0.5, 0.6) is 11.5 Å². The molecule has 0 fully saturated rings. The van der Waals surface area contributed by atoms with Crippen molar-refractivity contribution in [2.45, 2.75) is 0 Å². The fourth-order valence-electron chi connectivity index (χ4n) is 1.65. The average molecular weight is 276 g/mol. The van der Waals surface area contributed by atoms with Crippen LogP contribution in [0.1, 0.15) is 10.4 Å². The number of nitrogens with zero attached hydrogens (tertiary/aromatic N) is 1. The predicted molar refractivity (Wildman–Crippen MR) is 71.7 cm³/mol. The monoisotopic (exact) mass is 276 g/mol. The fraction of sp³-hybridized carbons (Fsp3) is 0.143. The summed E-state index contributed by atoms with van der Waals surface area (Å²) in [5.41, 5.74) is 0.340. The molecule has 0 spiro atoms. The van der Waals surface area contributed by atoms with Gasteiger partial charge in [0.05, 0.1) is 31.7 Å². The Morgan fingerprint density at radius 2 is 2.05 bits per heavy atom. The summed E-state index contributed by atoms with van der Waals surface area (Å²) < 4.78 is 23.7. The highest BCUT2D eigenvalue weighted by molar-refractivity contribution is 6.05. The van der Waals surface area contributed by atoms with Crippen molar-refractivity contribution in [3.05, 3.63) is 48.0 Å². The molecule has 1 aromatic carbocycles. The molecule has 1 heterocycles. The van der Waals surface area contributed by atoms with E-state index < -0.39 is 11.7 Å². The van der Waals surface area contributed by atoms with Crippen molar-refractivity contribution in [3.63, 3.8) is 0 Å². The summed E-state index contributed by atoms with van der Waals surface area (Å²) in [5.74, 6) is -0.243. The Morgan fingerprint density at radius 3 is 2.70 bits per heavy atom. The first-order valence-electron chi connectivity index (χ1n) is 5.78. The van der Waals surface area contributed by atoms with E-state index >= 15 is 0 Å². The molecule has 0 radical (unpaired) electrons. The van der Waals surface area contributed by atoms with Crippen LogP contribution in [0.3, 0.4) is 0 Å². The number of nitrogens with one attached hydrogen (secondary N) is 1. The van der Waals surface area contributed by atoms with Crippen LogP contribution in [0, 0.1) is 5.82 Å². The maximum atomic E-state index is 13.5. The number of carbonyl (C=O) groups is 1. The Hall–Kier alpha value is -2.63. The van der Waals surface area contributed by atoms with Gasteiger partial charge in [-0.3, -0.25) is 9.78 Å². The number of benzene rings is 1. The zero-order valence-corrected chi connectivity index (χ0v) is 11.0. The van der Waals surface area contributed by atoms with Gasteiger partial charge < -0.3 is 14.8 Å². The van der Waals surface area contributed by atoms with Crippen molar-refractivity contribution in [1.82, 2.24) is 4.98 Å². The number of anilines is 1. The minimum atomic E-state index is -0.683. The molecule has 0 aliphatic heterocycles. The number of pyridine rings is 1. The van der Waals surface area contributed by atoms with E-state index in [4.69, 9.17) is 9.47 Å². The maximum Gasteiger partial charge on any atom is 0.258 e. The Kier molecular flexibility index (Phi) is 4.14. The van der Waals surface area contributed by atoms with Crippen LogP contribution >= 0.6 is 0 Å². The zero-order chi connectivity index (χ0) is 14.5. The fourth-order valence-corrected chi connectivity index (χ4v) is 1.65. The first-order valence-corrected chi connectivity index (χ1v) is 5.78. The van der Waals surface area contributed by atoms with E-state index in [9.17, 15) is 9.18 Å². The van der Waals surface area contributed by atoms with E-state index in [-0.39, 0.29) is 5.56 Å². The van der Waals surface area contributed by atoms with Gasteiger partial charge in [-0.2, -0.15) is 0 Å². The van der Waals surface area contributed by atoms with Crippen LogP contribution < -0.4 is 14.8 Å². The molecule has 1 amide bonds. The Morgan fingerprint density at radius 1 is 1.25 bits per heavy atom. The minimum absolute atomic E-state index is 0.0853. The second kappa shape index (κ2) is 6.01. The topological polar surface area (TPSA) is 60.5 Å². The molecule has 6 heteroatoms. The van der Waals surface area contributed by atoms with Gasteiger partial charge in [-0.1, -0.05) is 0 Å². The van der Waals surface area contributed by atoms with E-state index in [0.29, 0.717) is 17.2 Å². The number of hydrogen-bond donors (Lipinski definition) is 1. The third kappa shape index (κ3) is 2.85. The lowest BCUT2D eigenvalue weighted by Crippen LogP contribution is -2.14. The molecule has 5 nitrogen and oxygen atoms in total. The molecule has 1 N–H and O–H groups in total. The lowest BCUT2D eigenvalue weighted by molar-refractivity contribution is 0.102. The number of amides is 1. The number of halogens is 1. The summed E-state index contributed by atoms with van der Waals surface area (Å²) in [6.45, 7) is 0. The lowest BCUT2D eigenvalue weighted by Gasteiger charge is -2.11. The summed E-state index contributed by atoms with van der Waals surface area (Å²) in [6, 6.07) is 6.22. The van der Waals surface area contributed by atoms with Crippen molar-refractivity contribution in [3.8, 4) is 11.5 Å². The van der Waals surface area contributed by atoms with Crippen molar-refractivity contribution < 1.29 is 18.7 Å². The standard InChI is InChI=1S/C14H13FN2O3/c1-19-9-3-4-12(13(7-9)20-2)17-14(18)10-5-6-16-8-11(10)15/h3-8H,1-2H3,(H,17,18). The molecule has 0 aliphatic carbocycles. The summed E-state index contributed by atoms with van der Waals surface area (Å²) in [5, 5.41) is 2.58. The number of hydrogen-bond acceptors (Lipinski definition) is 4. The number of methoxy groups -OCH3 is 2. The van der Waals surface area contributed by atoms with Crippen LogP contribution in [0.15, 0.2) is 36.7 Å². The van der Waals surface area contributed by atoms with Gasteiger partial charge in [0.1, 0.15) is 11.5 Å². The summed E-state index contributed by atoms with van der Waals surface area (Å²) in [4.78, 5) is 15.6. The number of rotatable bonds is 4. The molecule has 0 unspecified atom stereocenters.